The van der Waals surface area contributed by atoms with Gasteiger partial charge in [0.1, 0.15) is 0 Å². The molecule has 0 radical (unpaired) electrons. The van der Waals surface area contributed by atoms with E-state index >= 15 is 0 Å². The Morgan fingerprint density at radius 1 is 0.632 bits per heavy atom. The number of aliphatic carboxylic acids is 1. The molecule has 0 fully saturated rings. The zero-order valence-electron chi connectivity index (χ0n) is 8.71. The van der Waals surface area contributed by atoms with Gasteiger partial charge in [-0.3, -0.25) is 32.1 Å². The first-order valence-electron chi connectivity index (χ1n) is 3.02. The van der Waals surface area contributed by atoms with E-state index in [9.17, 15) is 0 Å². The number of carboxylic acids is 1. The van der Waals surface area contributed by atoms with Gasteiger partial charge in [0.2, 0.25) is 0 Å². The van der Waals surface area contributed by atoms with Gasteiger partial charge in [0.25, 0.3) is 5.97 Å². The molecule has 0 heterocycles. The second kappa shape index (κ2) is 11.0. The van der Waals surface area contributed by atoms with E-state index in [0.29, 0.717) is 0 Å². The maximum Gasteiger partial charge on any atom is 0.394 e. The van der Waals surface area contributed by atoms with E-state index in [4.69, 9.17) is 62.5 Å². The van der Waals surface area contributed by atoms with E-state index < -0.39 is 37.2 Å². The first-order valence-corrected chi connectivity index (χ1v) is 7.21. The number of carbonyl (C=O) groups is 1. The van der Waals surface area contributed by atoms with E-state index in [1.807, 2.05) is 0 Å². The molecule has 0 amide bonds. The molecule has 17 heteroatoms. The molecule has 0 aromatic rings. The molecule has 14 nitrogen and oxygen atoms in total. The van der Waals surface area contributed by atoms with Gasteiger partial charge in [-0.25, -0.2) is 0 Å². The Morgan fingerprint density at radius 3 is 0.632 bits per heavy atom. The lowest BCUT2D eigenvalue weighted by atomic mass is 10.9. The van der Waals surface area contributed by atoms with Gasteiger partial charge in [-0.05, 0) is 0 Å². The van der Waals surface area contributed by atoms with E-state index in [1.165, 1.54) is 0 Å². The molecule has 0 aromatic carbocycles. The lowest BCUT2D eigenvalue weighted by Crippen LogP contribution is -1.89. The molecule has 0 aliphatic rings. The Bertz CT molecular complexity index is 418. The van der Waals surface area contributed by atoms with Gasteiger partial charge in [0, 0.05) is 6.92 Å². The predicted octanol–water partition coefficient (Wildman–Crippen LogP) is -1.87. The highest BCUT2D eigenvalue weighted by Gasteiger charge is 1.85. The molecule has 0 aromatic heterocycles. The monoisotopic (exact) mass is 354 g/mol. The molecule has 19 heavy (non-hydrogen) atoms. The molecule has 120 valence electrons. The number of hydrogen-bond donors (Lipinski definition) is 7. The summed E-state index contributed by atoms with van der Waals surface area (Å²) >= 11 is 0. The fourth-order valence-electron chi connectivity index (χ4n) is 0. The van der Waals surface area contributed by atoms with Gasteiger partial charge in [-0.15, -0.1) is 0 Å². The van der Waals surface area contributed by atoms with E-state index in [-0.39, 0.29) is 0 Å². The summed E-state index contributed by atoms with van der Waals surface area (Å²) in [4.78, 5) is 9.00. The molecule has 0 atom stereocenters. The summed E-state index contributed by atoms with van der Waals surface area (Å²) < 4.78 is 94.8. The van der Waals surface area contributed by atoms with Gasteiger partial charge in [0.05, 0.1) is 0 Å². The predicted molar refractivity (Wildman–Crippen MR) is 55.8 cm³/mol. The van der Waals surface area contributed by atoms with Crippen LogP contribution in [0.5, 0.6) is 0 Å². The highest BCUT2D eigenvalue weighted by Crippen LogP contribution is 1.60. The van der Waals surface area contributed by atoms with Crippen molar-refractivity contribution in [3.63, 3.8) is 0 Å². The van der Waals surface area contributed by atoms with Gasteiger partial charge in [-0.2, -0.15) is 25.3 Å². The topological polar surface area (TPSA) is 261 Å². The van der Waals surface area contributed by atoms with E-state index in [2.05, 4.69) is 0 Å². The quantitative estimate of drug-likeness (QED) is 0.235. The summed E-state index contributed by atoms with van der Waals surface area (Å²) in [6.45, 7) is 1.08. The third-order valence-electron chi connectivity index (χ3n) is 0. The van der Waals surface area contributed by atoms with Crippen LogP contribution in [0.3, 0.4) is 0 Å². The molecular weight excluding hydrogens is 344 g/mol. The van der Waals surface area contributed by atoms with Crippen LogP contribution in [-0.4, -0.2) is 63.6 Å². The molecule has 0 aliphatic heterocycles. The van der Waals surface area contributed by atoms with Gasteiger partial charge in [0.15, 0.2) is 0 Å². The summed E-state index contributed by atoms with van der Waals surface area (Å²) in [6, 6.07) is 0. The van der Waals surface area contributed by atoms with Crippen molar-refractivity contribution in [2.75, 3.05) is 0 Å². The highest BCUT2D eigenvalue weighted by molar-refractivity contribution is 7.80. The SMILES string of the molecule is CC(=O)O.O=S(=O)(O)O.O=S(=O)(O)O.O=S(=O)(O)O. The molecule has 0 aliphatic carbocycles. The Labute approximate surface area is 107 Å². The molecule has 0 bridgehead atoms. The Morgan fingerprint density at radius 2 is 0.632 bits per heavy atom. The van der Waals surface area contributed by atoms with Crippen LogP contribution in [0, 0.1) is 0 Å². The van der Waals surface area contributed by atoms with Crippen LogP contribution in [0.4, 0.5) is 0 Å². The fourth-order valence-corrected chi connectivity index (χ4v) is 0. The number of carboxylic acid groups (broad SMARTS) is 1. The van der Waals surface area contributed by atoms with E-state index in [0.717, 1.165) is 6.92 Å². The van der Waals surface area contributed by atoms with Crippen molar-refractivity contribution in [3.8, 4) is 0 Å². The first kappa shape index (κ1) is 26.6. The Hall–Kier alpha value is -0.920. The summed E-state index contributed by atoms with van der Waals surface area (Å²) in [5, 5.41) is 7.42. The first-order chi connectivity index (χ1) is 7.73. The van der Waals surface area contributed by atoms with Crippen molar-refractivity contribution >= 4 is 37.2 Å². The highest BCUT2D eigenvalue weighted by atomic mass is 32.3. The standard InChI is InChI=1S/C2H4O2.3H2O4S/c1-2(3)4;3*1-5(2,3)4/h1H3,(H,3,4);3*(H2,1,2,3,4). The summed E-state index contributed by atoms with van der Waals surface area (Å²) in [5.41, 5.74) is 0. The fraction of sp³-hybridized carbons (Fsp3) is 0.500. The third-order valence-corrected chi connectivity index (χ3v) is 0. The van der Waals surface area contributed by atoms with Crippen molar-refractivity contribution in [1.82, 2.24) is 0 Å². The smallest absolute Gasteiger partial charge is 0.394 e. The van der Waals surface area contributed by atoms with Crippen molar-refractivity contribution < 1.29 is 62.5 Å². The average molecular weight is 354 g/mol. The summed E-state index contributed by atoms with van der Waals surface area (Å²) in [6.07, 6.45) is 0. The minimum atomic E-state index is -4.67. The Balaban J connectivity index is -0.0000000793. The normalized spacial score (nSPS) is 10.5. The molecule has 7 N–H and O–H groups in total. The van der Waals surface area contributed by atoms with Crippen molar-refractivity contribution in [3.05, 3.63) is 0 Å². The number of hydrogen-bond acceptors (Lipinski definition) is 7. The van der Waals surface area contributed by atoms with Crippen LogP contribution in [0.25, 0.3) is 0 Å². The molecule has 0 saturated heterocycles. The second-order valence-corrected chi connectivity index (χ2v) is 4.55. The summed E-state index contributed by atoms with van der Waals surface area (Å²) in [7, 11) is -14.0. The van der Waals surface area contributed by atoms with Crippen LogP contribution in [0.1, 0.15) is 6.92 Å². The lowest BCUT2D eigenvalue weighted by Gasteiger charge is -1.68. The third kappa shape index (κ3) is 4590. The van der Waals surface area contributed by atoms with Crippen LogP contribution < -0.4 is 0 Å². The zero-order valence-corrected chi connectivity index (χ0v) is 11.2. The van der Waals surface area contributed by atoms with Crippen LogP contribution in [-0.2, 0) is 36.0 Å². The van der Waals surface area contributed by atoms with Gasteiger partial charge in [-0.1, -0.05) is 0 Å². The van der Waals surface area contributed by atoms with Gasteiger partial charge >= 0.3 is 31.2 Å². The minimum Gasteiger partial charge on any atom is -0.481 e. The van der Waals surface area contributed by atoms with Gasteiger partial charge < -0.3 is 5.11 Å². The van der Waals surface area contributed by atoms with Crippen molar-refractivity contribution in [2.45, 2.75) is 6.92 Å². The van der Waals surface area contributed by atoms with E-state index in [1.54, 1.807) is 0 Å². The lowest BCUT2D eigenvalue weighted by molar-refractivity contribution is -0.134. The maximum absolute atomic E-state index is 9.00. The molecular formula is C2H10O14S3. The van der Waals surface area contributed by atoms with Crippen molar-refractivity contribution in [1.29, 1.82) is 0 Å². The van der Waals surface area contributed by atoms with Crippen LogP contribution in [0.15, 0.2) is 0 Å². The minimum absolute atomic E-state index is 0.833. The van der Waals surface area contributed by atoms with Crippen molar-refractivity contribution in [2.24, 2.45) is 0 Å². The molecule has 0 saturated carbocycles. The summed E-state index contributed by atoms with van der Waals surface area (Å²) in [5.74, 6) is -0.833. The average Bonchev–Trinajstić information content (AvgIpc) is 1.66. The zero-order chi connectivity index (χ0) is 17.1. The van der Waals surface area contributed by atoms with Crippen LogP contribution in [0.2, 0.25) is 0 Å². The van der Waals surface area contributed by atoms with Crippen LogP contribution >= 0.6 is 0 Å². The number of rotatable bonds is 0. The Kier molecular flexibility index (Phi) is 15.3. The molecule has 0 unspecified atom stereocenters. The largest absolute Gasteiger partial charge is 0.481 e. The maximum atomic E-state index is 9.00. The second-order valence-electron chi connectivity index (χ2n) is 1.86. The molecule has 0 spiro atoms. The molecule has 0 rings (SSSR count).